The van der Waals surface area contributed by atoms with Crippen LogP contribution >= 0.6 is 11.3 Å². The molecular formula is C40H37N7O6S. The van der Waals surface area contributed by atoms with Gasteiger partial charge < -0.3 is 14.4 Å². The number of carbonyl (C=O) groups is 4. The lowest BCUT2D eigenvalue weighted by Gasteiger charge is -2.29. The van der Waals surface area contributed by atoms with Crippen molar-refractivity contribution in [3.05, 3.63) is 116 Å². The average molecular weight is 744 g/mol. The number of benzene rings is 2. The molecular weight excluding hydrogens is 707 g/mol. The standard InChI is InChI=1S/C40H37N7O6S/c1-25-43-44-35-24-52-23-32-30(18-26-8-3-2-4-9-26)34(54-40(32)47(25)35)15-13-27-19-41-45(20-27)22-37(49)53-17-6-5-10-28-11-7-12-29-31(28)21-46(39(29)51)33-14-16-36(48)42-38(33)50/h2-4,7-9,11-12,19-20,33H,5-6,10,14,16-18,21-24H2,1H3,(H,42,48,50). The number of amides is 3. The lowest BCUT2D eigenvalue weighted by atomic mass is 9.99. The third-order valence-corrected chi connectivity index (χ3v) is 11.1. The number of unbranched alkanes of at least 4 members (excludes halogenated alkanes) is 1. The Morgan fingerprint density at radius 1 is 1.04 bits per heavy atom. The van der Waals surface area contributed by atoms with Gasteiger partial charge in [0.1, 0.15) is 30.0 Å². The van der Waals surface area contributed by atoms with E-state index in [9.17, 15) is 19.2 Å². The van der Waals surface area contributed by atoms with Gasteiger partial charge in [0.2, 0.25) is 11.8 Å². The Morgan fingerprint density at radius 3 is 2.76 bits per heavy atom. The molecule has 0 saturated carbocycles. The molecule has 1 N–H and O–H groups in total. The number of imide groups is 1. The van der Waals surface area contributed by atoms with E-state index in [-0.39, 0.29) is 31.4 Å². The van der Waals surface area contributed by atoms with Crippen molar-refractivity contribution in [2.75, 3.05) is 6.61 Å². The van der Waals surface area contributed by atoms with Crippen LogP contribution in [0.15, 0.2) is 60.9 Å². The van der Waals surface area contributed by atoms with Crippen LogP contribution < -0.4 is 5.32 Å². The molecule has 5 aromatic rings. The number of nitrogens with one attached hydrogen (secondary N) is 1. The van der Waals surface area contributed by atoms with E-state index in [0.717, 1.165) is 50.2 Å². The van der Waals surface area contributed by atoms with Crippen molar-refractivity contribution >= 4 is 35.0 Å². The van der Waals surface area contributed by atoms with Crippen LogP contribution in [-0.4, -0.2) is 65.8 Å². The summed E-state index contributed by atoms with van der Waals surface area (Å²) in [5.74, 6) is 6.88. The number of aryl methyl sites for hydroxylation is 2. The highest BCUT2D eigenvalue weighted by Gasteiger charge is 2.39. The Morgan fingerprint density at radius 2 is 1.91 bits per heavy atom. The highest BCUT2D eigenvalue weighted by Crippen LogP contribution is 2.37. The predicted octanol–water partition coefficient (Wildman–Crippen LogP) is 4.18. The molecule has 1 unspecified atom stereocenters. The molecule has 3 aliphatic heterocycles. The quantitative estimate of drug-likeness (QED) is 0.0962. The molecule has 1 fully saturated rings. The summed E-state index contributed by atoms with van der Waals surface area (Å²) in [6.45, 7) is 3.35. The van der Waals surface area contributed by atoms with E-state index < -0.39 is 17.9 Å². The number of rotatable bonds is 10. The van der Waals surface area contributed by atoms with Crippen LogP contribution in [0.3, 0.4) is 0 Å². The average Bonchev–Trinajstić information content (AvgIpc) is 3.91. The van der Waals surface area contributed by atoms with Crippen molar-refractivity contribution in [1.29, 1.82) is 0 Å². The van der Waals surface area contributed by atoms with Gasteiger partial charge in [-0.25, -0.2) is 0 Å². The number of hydrogen-bond acceptors (Lipinski definition) is 10. The first-order chi connectivity index (χ1) is 26.3. The minimum Gasteiger partial charge on any atom is -0.464 e. The largest absolute Gasteiger partial charge is 0.464 e. The monoisotopic (exact) mass is 743 g/mol. The van der Waals surface area contributed by atoms with Crippen LogP contribution in [0, 0.1) is 18.8 Å². The van der Waals surface area contributed by atoms with Crippen LogP contribution in [0.5, 0.6) is 0 Å². The van der Waals surface area contributed by atoms with Crippen molar-refractivity contribution in [3.63, 3.8) is 0 Å². The van der Waals surface area contributed by atoms with Crippen molar-refractivity contribution in [2.24, 2.45) is 0 Å². The molecule has 274 valence electrons. The first-order valence-electron chi connectivity index (χ1n) is 18.0. The zero-order valence-electron chi connectivity index (χ0n) is 29.7. The van der Waals surface area contributed by atoms with Gasteiger partial charge in [0.05, 0.1) is 29.9 Å². The minimum absolute atomic E-state index is 0.0360. The third-order valence-electron chi connectivity index (χ3n) is 9.92. The molecule has 8 rings (SSSR count). The first kappa shape index (κ1) is 35.1. The summed E-state index contributed by atoms with van der Waals surface area (Å²) in [5, 5.41) is 16.3. The maximum atomic E-state index is 13.1. The lowest BCUT2D eigenvalue weighted by molar-refractivity contribution is -0.144. The molecule has 0 aliphatic carbocycles. The van der Waals surface area contributed by atoms with Gasteiger partial charge in [-0.2, -0.15) is 5.10 Å². The summed E-state index contributed by atoms with van der Waals surface area (Å²) in [6.07, 6.45) is 6.73. The topological polar surface area (TPSA) is 151 Å². The molecule has 0 bridgehead atoms. The second kappa shape index (κ2) is 15.2. The van der Waals surface area contributed by atoms with Crippen LogP contribution in [0.4, 0.5) is 0 Å². The summed E-state index contributed by atoms with van der Waals surface area (Å²) in [7, 11) is 0. The van der Waals surface area contributed by atoms with E-state index in [4.69, 9.17) is 9.47 Å². The van der Waals surface area contributed by atoms with Crippen molar-refractivity contribution in [1.82, 2.24) is 34.8 Å². The summed E-state index contributed by atoms with van der Waals surface area (Å²) >= 11 is 1.60. The molecule has 0 radical (unpaired) electrons. The Labute approximate surface area is 315 Å². The summed E-state index contributed by atoms with van der Waals surface area (Å²) in [5.41, 5.74) is 6.61. The molecule has 0 spiro atoms. The molecule has 1 atom stereocenters. The second-order valence-corrected chi connectivity index (χ2v) is 14.5. The van der Waals surface area contributed by atoms with Gasteiger partial charge in [0.15, 0.2) is 5.82 Å². The van der Waals surface area contributed by atoms with E-state index in [1.165, 1.54) is 10.2 Å². The summed E-state index contributed by atoms with van der Waals surface area (Å²) < 4.78 is 15.1. The molecule has 3 amide bonds. The molecule has 3 aliphatic rings. The number of thiophene rings is 1. The molecule has 54 heavy (non-hydrogen) atoms. The highest BCUT2D eigenvalue weighted by molar-refractivity contribution is 7.15. The number of piperidine rings is 1. The van der Waals surface area contributed by atoms with Gasteiger partial charge in [-0.05, 0) is 67.3 Å². The van der Waals surface area contributed by atoms with E-state index >= 15 is 0 Å². The van der Waals surface area contributed by atoms with Gasteiger partial charge in [-0.1, -0.05) is 54.3 Å². The first-order valence-corrected chi connectivity index (χ1v) is 18.8. The zero-order chi connectivity index (χ0) is 37.2. The SMILES string of the molecule is Cc1nnc2n1-c1sc(C#Cc3cnn(CC(=O)OCCCCc4cccc5c4CN(C4CCC(=O)NC4=O)C5=O)c3)c(Cc3ccccc3)c1COC2. The Bertz CT molecular complexity index is 2330. The van der Waals surface area contributed by atoms with Gasteiger partial charge in [0.25, 0.3) is 5.91 Å². The second-order valence-electron chi connectivity index (χ2n) is 13.5. The fraction of sp³-hybridized carbons (Fsp3) is 0.325. The van der Waals surface area contributed by atoms with E-state index in [1.54, 1.807) is 34.7 Å². The van der Waals surface area contributed by atoms with Gasteiger partial charge in [0, 0.05) is 30.3 Å². The van der Waals surface area contributed by atoms with Gasteiger partial charge in [-0.15, -0.1) is 21.5 Å². The molecule has 3 aromatic heterocycles. The molecule has 14 heteroatoms. The minimum atomic E-state index is -0.647. The van der Waals surface area contributed by atoms with Crippen LogP contribution in [-0.2, 0) is 63.0 Å². The number of aromatic nitrogens is 5. The fourth-order valence-corrected chi connectivity index (χ4v) is 8.47. The van der Waals surface area contributed by atoms with E-state index in [2.05, 4.69) is 49.2 Å². The number of ether oxygens (including phenoxy) is 2. The number of nitrogens with zero attached hydrogens (tertiary/aromatic N) is 6. The van der Waals surface area contributed by atoms with Gasteiger partial charge >= 0.3 is 5.97 Å². The van der Waals surface area contributed by atoms with Crippen LogP contribution in [0.2, 0.25) is 0 Å². The van der Waals surface area contributed by atoms with Crippen molar-refractivity contribution < 1.29 is 28.7 Å². The smallest absolute Gasteiger partial charge is 0.327 e. The van der Waals surface area contributed by atoms with Crippen LogP contribution in [0.25, 0.3) is 5.00 Å². The molecule has 6 heterocycles. The molecule has 1 saturated heterocycles. The molecule has 2 aromatic carbocycles. The normalized spacial score (nSPS) is 16.2. The Kier molecular flexibility index (Phi) is 9.90. The third kappa shape index (κ3) is 7.20. The van der Waals surface area contributed by atoms with Gasteiger partial charge in [-0.3, -0.25) is 33.7 Å². The number of hydrogen-bond donors (Lipinski definition) is 1. The lowest BCUT2D eigenvalue weighted by Crippen LogP contribution is -2.52. The van der Waals surface area contributed by atoms with E-state index in [1.807, 2.05) is 37.3 Å². The fourth-order valence-electron chi connectivity index (χ4n) is 7.22. The molecule has 13 nitrogen and oxygen atoms in total. The number of esters is 1. The maximum absolute atomic E-state index is 13.1. The van der Waals surface area contributed by atoms with Crippen molar-refractivity contribution in [2.45, 2.75) is 77.8 Å². The summed E-state index contributed by atoms with van der Waals surface area (Å²) in [6, 6.07) is 15.3. The Hall–Kier alpha value is -5.91. The zero-order valence-corrected chi connectivity index (χ0v) is 30.5. The Balaban J connectivity index is 0.863. The highest BCUT2D eigenvalue weighted by atomic mass is 32.1. The van der Waals surface area contributed by atoms with E-state index in [0.29, 0.717) is 56.6 Å². The van der Waals surface area contributed by atoms with Crippen molar-refractivity contribution in [3.8, 4) is 16.8 Å². The maximum Gasteiger partial charge on any atom is 0.327 e. The predicted molar refractivity (Wildman–Crippen MR) is 196 cm³/mol. The van der Waals surface area contributed by atoms with Crippen LogP contribution in [0.1, 0.15) is 85.9 Å². The number of fused-ring (bicyclic) bond motifs is 4. The summed E-state index contributed by atoms with van der Waals surface area (Å²) in [4.78, 5) is 52.3. The number of carbonyl (C=O) groups excluding carboxylic acids is 4.